The second kappa shape index (κ2) is 5.76. The quantitative estimate of drug-likeness (QED) is 0.365. The summed E-state index contributed by atoms with van der Waals surface area (Å²) in [4.78, 5) is 0. The van der Waals surface area contributed by atoms with Crippen molar-refractivity contribution in [2.24, 2.45) is 0 Å². The van der Waals surface area contributed by atoms with Crippen LogP contribution in [0.5, 0.6) is 0 Å². The van der Waals surface area contributed by atoms with Crippen LogP contribution in [0.4, 0.5) is 0 Å². The van der Waals surface area contributed by atoms with Crippen LogP contribution < -0.4 is 0 Å². The van der Waals surface area contributed by atoms with Gasteiger partial charge in [-0.3, -0.25) is 32.1 Å². The first-order valence-electron chi connectivity index (χ1n) is 5.34. The van der Waals surface area contributed by atoms with E-state index in [1.807, 2.05) is 0 Å². The fourth-order valence-electron chi connectivity index (χ4n) is 1.29. The van der Waals surface area contributed by atoms with E-state index in [0.717, 1.165) is 0 Å². The summed E-state index contributed by atoms with van der Waals surface area (Å²) in [5.74, 6) is 1.38. The average molecular weight is 305 g/mol. The van der Waals surface area contributed by atoms with Gasteiger partial charge in [-0.1, -0.05) is 6.92 Å². The Balaban J connectivity index is 5.46. The van der Waals surface area contributed by atoms with Crippen LogP contribution in [0.3, 0.4) is 0 Å². The molecule has 0 heterocycles. The number of hydrogen-bond acceptors (Lipinski definition) is 1. The van der Waals surface area contributed by atoms with Crippen LogP contribution in [0.15, 0.2) is 0 Å². The summed E-state index contributed by atoms with van der Waals surface area (Å²) < 4.78 is 0. The van der Waals surface area contributed by atoms with Crippen molar-refractivity contribution in [3.63, 3.8) is 0 Å². The Morgan fingerprint density at radius 3 is 1.44 bits per heavy atom. The lowest BCUT2D eigenvalue weighted by atomic mass is 10.7. The van der Waals surface area contributed by atoms with Gasteiger partial charge < -0.3 is 0 Å². The van der Waals surface area contributed by atoms with Gasteiger partial charge in [-0.15, -0.1) is 0 Å². The normalized spacial score (nSPS) is 18.8. The molecule has 0 unspecified atom stereocenters. The molecule has 0 nitrogen and oxygen atoms in total. The molecule has 0 amide bonds. The molecule has 88 valence electrons. The highest BCUT2D eigenvalue weighted by Gasteiger charge is 2.40. The second-order valence-corrected chi connectivity index (χ2v) is 36.6. The Kier molecular flexibility index (Phi) is 6.60. The predicted octanol–water partition coefficient (Wildman–Crippen LogP) is -4.45. The Morgan fingerprint density at radius 2 is 1.19 bits per heavy atom. The molecular weight excluding hydrogens is 282 g/mol. The van der Waals surface area contributed by atoms with Crippen LogP contribution in [0.1, 0.15) is 6.92 Å². The minimum absolute atomic E-state index is 0.421. The van der Waals surface area contributed by atoms with E-state index >= 15 is 0 Å². The maximum absolute atomic E-state index is 2.62. The van der Waals surface area contributed by atoms with Crippen molar-refractivity contribution >= 4 is 107 Å². The zero-order valence-corrected chi connectivity index (χ0v) is 16.8. The summed E-state index contributed by atoms with van der Waals surface area (Å²) in [5, 5.41) is 0. The molecule has 0 aromatic heterocycles. The van der Waals surface area contributed by atoms with Gasteiger partial charge in [0.05, 0.1) is 0 Å². The fourth-order valence-corrected chi connectivity index (χ4v) is 44.5. The molecule has 0 aliphatic heterocycles. The van der Waals surface area contributed by atoms with E-state index in [1.54, 1.807) is 0 Å². The lowest BCUT2D eigenvalue weighted by Crippen LogP contribution is -2.23. The third-order valence-electron chi connectivity index (χ3n) is 4.12. The van der Waals surface area contributed by atoms with Crippen molar-refractivity contribution in [1.29, 1.82) is 0 Å². The maximum Gasteiger partial charge on any atom is 0.184 e. The predicted molar refractivity (Wildman–Crippen MR) is 125 cm³/mol. The first-order valence-corrected chi connectivity index (χ1v) is 18.6. The minimum atomic E-state index is -0.491. The average Bonchev–Trinajstić information content (AvgIpc) is 2.16. The van der Waals surface area contributed by atoms with Gasteiger partial charge in [-0.2, -0.15) is 10.6 Å². The number of rotatable bonds is 5. The molecule has 0 saturated heterocycles. The molecule has 14 heteroatoms. The van der Waals surface area contributed by atoms with Crippen molar-refractivity contribution in [2.75, 3.05) is 5.75 Å². The SMILES string of the molecule is BSS(B)(B)S(B)(B)S(B)(B)S(B)(B)CC. The zero-order valence-electron chi connectivity index (χ0n) is 12.7. The van der Waals surface area contributed by atoms with E-state index in [4.69, 9.17) is 0 Å². The highest BCUT2D eigenvalue weighted by molar-refractivity contribution is 9.82. The summed E-state index contributed by atoms with van der Waals surface area (Å²) in [7, 11) is 23.2. The molecule has 0 aromatic carbocycles. The summed E-state index contributed by atoms with van der Waals surface area (Å²) in [6, 6.07) is 0. The molecule has 0 radical (unpaired) electrons. The Labute approximate surface area is 119 Å². The van der Waals surface area contributed by atoms with Crippen LogP contribution in [0.2, 0.25) is 0 Å². The Hall–Kier alpha value is 2.33. The summed E-state index contributed by atoms with van der Waals surface area (Å²) in [6.07, 6.45) is 0. The van der Waals surface area contributed by atoms with E-state index < -0.39 is 32.1 Å². The second-order valence-electron chi connectivity index (χ2n) is 5.32. The monoisotopic (exact) mass is 306 g/mol. The molecule has 0 aliphatic carbocycles. The molecule has 0 fully saturated rings. The molecule has 0 bridgehead atoms. The van der Waals surface area contributed by atoms with Crippen molar-refractivity contribution in [3.8, 4) is 0 Å². The lowest BCUT2D eigenvalue weighted by molar-refractivity contribution is 1.54. The third kappa shape index (κ3) is 3.08. The topological polar surface area (TPSA) is 0 Å². The van der Waals surface area contributed by atoms with Crippen molar-refractivity contribution < 1.29 is 0 Å². The Morgan fingerprint density at radius 1 is 0.812 bits per heavy atom. The molecule has 0 aliphatic rings. The van der Waals surface area contributed by atoms with Crippen LogP contribution in [-0.4, -0.2) is 69.9 Å². The summed E-state index contributed by atoms with van der Waals surface area (Å²) in [5.41, 5.74) is 0. The summed E-state index contributed by atoms with van der Waals surface area (Å²) in [6.45, 7) is 2.39. The van der Waals surface area contributed by atoms with Crippen LogP contribution in [0.25, 0.3) is 0 Å². The molecule has 0 atom stereocenters. The Bertz CT molecular complexity index is 224. The molecule has 0 N–H and O–H groups in total. The smallest absolute Gasteiger partial charge is 0.184 e. The van der Waals surface area contributed by atoms with Gasteiger partial charge in [0.2, 0.25) is 0 Å². The first-order chi connectivity index (χ1) is 6.87. The zero-order chi connectivity index (χ0) is 13.4. The van der Waals surface area contributed by atoms with Gasteiger partial charge in [0.25, 0.3) is 0 Å². The van der Waals surface area contributed by atoms with E-state index in [1.165, 1.54) is 5.75 Å². The largest absolute Gasteiger partial charge is 0.291 e. The highest BCUT2D eigenvalue weighted by Crippen LogP contribution is 3.00. The lowest BCUT2D eigenvalue weighted by Gasteiger charge is -2.73. The fraction of sp³-hybridized carbons (Fsp3) is 1.00. The third-order valence-corrected chi connectivity index (χ3v) is 51.9. The maximum atomic E-state index is 2.62. The van der Waals surface area contributed by atoms with Gasteiger partial charge in [0.1, 0.15) is 14.2 Å². The van der Waals surface area contributed by atoms with Crippen molar-refractivity contribution in [2.45, 2.75) is 6.92 Å². The van der Waals surface area contributed by atoms with Gasteiger partial charge in [0.15, 0.2) is 49.9 Å². The molecular formula is C2H23B9S5. The standard InChI is InChI=1S/C2H23B9S5/c1-2-13(4,5)15(8,9)16(10,11)14(6,7)12-3/h2-11H2,1H3. The van der Waals surface area contributed by atoms with E-state index in [9.17, 15) is 0 Å². The van der Waals surface area contributed by atoms with Gasteiger partial charge in [-0.25, -0.2) is 0 Å². The molecule has 0 saturated carbocycles. The number of hydrogen-bond donors (Lipinski definition) is 0. The molecule has 0 rings (SSSR count). The van der Waals surface area contributed by atoms with Gasteiger partial charge >= 0.3 is 0 Å². The molecule has 0 aromatic rings. The van der Waals surface area contributed by atoms with Crippen LogP contribution in [0, 0.1) is 0 Å². The highest BCUT2D eigenvalue weighted by atomic mass is 33.9. The van der Waals surface area contributed by atoms with E-state index in [2.05, 4.69) is 81.7 Å². The van der Waals surface area contributed by atoms with Gasteiger partial charge in [-0.05, 0) is 5.75 Å². The minimum Gasteiger partial charge on any atom is -0.291 e. The van der Waals surface area contributed by atoms with Crippen molar-refractivity contribution in [1.82, 2.24) is 0 Å². The van der Waals surface area contributed by atoms with Crippen LogP contribution >= 0.6 is 42.8 Å². The van der Waals surface area contributed by atoms with Crippen LogP contribution in [-0.2, 0) is 0 Å². The summed E-state index contributed by atoms with van der Waals surface area (Å²) >= 11 is 0. The van der Waals surface area contributed by atoms with Gasteiger partial charge in [0, 0.05) is 0 Å². The molecule has 0 spiro atoms. The molecule has 16 heavy (non-hydrogen) atoms. The van der Waals surface area contributed by atoms with E-state index in [-0.39, 0.29) is 0 Å². The first kappa shape index (κ1) is 18.3. The van der Waals surface area contributed by atoms with E-state index in [0.29, 0.717) is 0 Å². The van der Waals surface area contributed by atoms with Crippen molar-refractivity contribution in [3.05, 3.63) is 0 Å².